The number of carbonyl (C=O) groups is 2. The van der Waals surface area contributed by atoms with Gasteiger partial charge in [0, 0.05) is 6.04 Å². The van der Waals surface area contributed by atoms with E-state index in [0.717, 1.165) is 48.8 Å². The molecule has 5 rings (SSSR count). The van der Waals surface area contributed by atoms with E-state index in [2.05, 4.69) is 10.0 Å². The van der Waals surface area contributed by atoms with Crippen LogP contribution in [0.25, 0.3) is 11.1 Å². The summed E-state index contributed by atoms with van der Waals surface area (Å²) in [7, 11) is -3.41. The quantitative estimate of drug-likeness (QED) is 0.450. The second-order valence-corrected chi connectivity index (χ2v) is 11.6. The smallest absolute Gasteiger partial charge is 0.240 e. The fraction of sp³-hybridized carbons (Fsp3) is 0.333. The first-order chi connectivity index (χ1) is 18.4. The Bertz CT molecular complexity index is 1290. The molecule has 0 bridgehead atoms. The molecule has 0 radical (unpaired) electrons. The van der Waals surface area contributed by atoms with Gasteiger partial charge in [-0.1, -0.05) is 92.1 Å². The SMILES string of the molecule is CC1NC(=O)CN(C=O)C1c1ccccc1.O=S(=O)(NC1CCCCC1)c1ccc(-c2ccccc2)cc1. The zero-order chi connectivity index (χ0) is 27.0. The predicted octanol–water partition coefficient (Wildman–Crippen LogP) is 4.67. The lowest BCUT2D eigenvalue weighted by Gasteiger charge is -2.37. The van der Waals surface area contributed by atoms with Gasteiger partial charge in [0.1, 0.15) is 0 Å². The first-order valence-corrected chi connectivity index (χ1v) is 14.6. The van der Waals surface area contributed by atoms with E-state index in [0.29, 0.717) is 4.90 Å². The molecule has 3 aromatic carbocycles. The Labute approximate surface area is 225 Å². The number of piperazine rings is 1. The second-order valence-electron chi connectivity index (χ2n) is 9.84. The number of nitrogens with zero attached hydrogens (tertiary/aromatic N) is 1. The normalized spacial score (nSPS) is 20.1. The van der Waals surface area contributed by atoms with Gasteiger partial charge in [-0.05, 0) is 48.6 Å². The Morgan fingerprint density at radius 1 is 0.842 bits per heavy atom. The number of nitrogens with one attached hydrogen (secondary N) is 2. The highest BCUT2D eigenvalue weighted by atomic mass is 32.2. The van der Waals surface area contributed by atoms with Gasteiger partial charge in [-0.3, -0.25) is 9.59 Å². The number of hydrogen-bond donors (Lipinski definition) is 2. The van der Waals surface area contributed by atoms with Crippen LogP contribution < -0.4 is 10.0 Å². The molecule has 2 aliphatic rings. The number of sulfonamides is 1. The monoisotopic (exact) mass is 533 g/mol. The van der Waals surface area contributed by atoms with Crippen molar-refractivity contribution in [1.29, 1.82) is 0 Å². The van der Waals surface area contributed by atoms with Crippen LogP contribution >= 0.6 is 0 Å². The van der Waals surface area contributed by atoms with Gasteiger partial charge in [0.25, 0.3) is 0 Å². The average molecular weight is 534 g/mol. The van der Waals surface area contributed by atoms with Crippen LogP contribution in [0.2, 0.25) is 0 Å². The van der Waals surface area contributed by atoms with E-state index in [4.69, 9.17) is 0 Å². The van der Waals surface area contributed by atoms with Crippen molar-refractivity contribution < 1.29 is 18.0 Å². The summed E-state index contributed by atoms with van der Waals surface area (Å²) in [6, 6.07) is 26.8. The third kappa shape index (κ3) is 7.08. The number of carbonyl (C=O) groups excluding carboxylic acids is 2. The molecule has 8 heteroatoms. The van der Waals surface area contributed by atoms with E-state index in [9.17, 15) is 18.0 Å². The van der Waals surface area contributed by atoms with Gasteiger partial charge >= 0.3 is 0 Å². The minimum absolute atomic E-state index is 0.0613. The largest absolute Gasteiger partial charge is 0.350 e. The van der Waals surface area contributed by atoms with Crippen molar-refractivity contribution in [3.8, 4) is 11.1 Å². The topological polar surface area (TPSA) is 95.6 Å². The maximum Gasteiger partial charge on any atom is 0.240 e. The lowest BCUT2D eigenvalue weighted by atomic mass is 9.96. The van der Waals surface area contributed by atoms with Crippen molar-refractivity contribution in [3.63, 3.8) is 0 Å². The van der Waals surface area contributed by atoms with E-state index in [1.54, 1.807) is 17.0 Å². The first kappa shape index (κ1) is 27.5. The molecule has 2 fully saturated rings. The summed E-state index contributed by atoms with van der Waals surface area (Å²) in [5.41, 5.74) is 3.16. The van der Waals surface area contributed by atoms with Gasteiger partial charge in [0.15, 0.2) is 0 Å². The van der Waals surface area contributed by atoms with Gasteiger partial charge in [0.05, 0.1) is 23.5 Å². The summed E-state index contributed by atoms with van der Waals surface area (Å²) in [6.07, 6.45) is 6.07. The van der Waals surface area contributed by atoms with Crippen LogP contribution in [0.5, 0.6) is 0 Å². The van der Waals surface area contributed by atoms with Crippen LogP contribution in [0.3, 0.4) is 0 Å². The van der Waals surface area contributed by atoms with E-state index < -0.39 is 10.0 Å². The summed E-state index contributed by atoms with van der Waals surface area (Å²) in [6.45, 7) is 2.04. The number of hydrogen-bond acceptors (Lipinski definition) is 4. The molecule has 2 amide bonds. The number of benzene rings is 3. The zero-order valence-corrected chi connectivity index (χ0v) is 22.4. The molecular weight excluding hydrogens is 498 g/mol. The van der Waals surface area contributed by atoms with Crippen LogP contribution in [-0.2, 0) is 19.6 Å². The van der Waals surface area contributed by atoms with E-state index in [-0.39, 0.29) is 30.6 Å². The number of amides is 2. The Morgan fingerprint density at radius 2 is 1.42 bits per heavy atom. The molecule has 1 aliphatic heterocycles. The molecule has 38 heavy (non-hydrogen) atoms. The van der Waals surface area contributed by atoms with E-state index in [1.165, 1.54) is 6.42 Å². The molecule has 2 N–H and O–H groups in total. The van der Waals surface area contributed by atoms with Gasteiger partial charge in [-0.2, -0.15) is 0 Å². The highest BCUT2D eigenvalue weighted by Crippen LogP contribution is 2.26. The predicted molar refractivity (Wildman–Crippen MR) is 149 cm³/mol. The van der Waals surface area contributed by atoms with Crippen molar-refractivity contribution >= 4 is 22.3 Å². The fourth-order valence-electron chi connectivity index (χ4n) is 5.13. The Morgan fingerprint density at radius 3 is 2.03 bits per heavy atom. The molecular formula is C30H35N3O4S. The minimum atomic E-state index is -3.41. The summed E-state index contributed by atoms with van der Waals surface area (Å²) < 4.78 is 27.7. The number of rotatable bonds is 6. The summed E-state index contributed by atoms with van der Waals surface area (Å²) in [4.78, 5) is 24.2. The standard InChI is InChI=1S/C18H21NO2S.C12H14N2O2/c20-22(21,19-17-9-5-2-6-10-17)18-13-11-16(12-14-18)15-7-3-1-4-8-15;1-9-12(10-5-3-2-4-6-10)14(8-15)7-11(16)13-9/h1,3-4,7-8,11-14,17,19H,2,5-6,9-10H2;2-6,8-9,12H,7H2,1H3,(H,13,16). The van der Waals surface area contributed by atoms with Crippen molar-refractivity contribution in [2.45, 2.75) is 62.0 Å². The molecule has 1 aliphatic carbocycles. The van der Waals surface area contributed by atoms with E-state index >= 15 is 0 Å². The van der Waals surface area contributed by atoms with Crippen molar-refractivity contribution in [3.05, 3.63) is 90.5 Å². The first-order valence-electron chi connectivity index (χ1n) is 13.1. The molecule has 1 heterocycles. The van der Waals surface area contributed by atoms with Crippen LogP contribution in [0.15, 0.2) is 89.8 Å². The van der Waals surface area contributed by atoms with Gasteiger partial charge < -0.3 is 10.2 Å². The third-order valence-corrected chi connectivity index (χ3v) is 8.56. The highest BCUT2D eigenvalue weighted by Gasteiger charge is 2.32. The molecule has 1 saturated carbocycles. The van der Waals surface area contributed by atoms with Crippen molar-refractivity contribution in [2.24, 2.45) is 0 Å². The van der Waals surface area contributed by atoms with Crippen LogP contribution in [-0.4, -0.2) is 44.3 Å². The zero-order valence-electron chi connectivity index (χ0n) is 21.6. The molecule has 0 aromatic heterocycles. The fourth-order valence-corrected chi connectivity index (χ4v) is 6.43. The maximum atomic E-state index is 12.4. The van der Waals surface area contributed by atoms with Crippen molar-refractivity contribution in [2.75, 3.05) is 6.54 Å². The summed E-state index contributed by atoms with van der Waals surface area (Å²) in [5.74, 6) is -0.105. The average Bonchev–Trinajstić information content (AvgIpc) is 2.94. The molecule has 200 valence electrons. The van der Waals surface area contributed by atoms with E-state index in [1.807, 2.05) is 79.7 Å². The minimum Gasteiger partial charge on any atom is -0.350 e. The van der Waals surface area contributed by atoms with Gasteiger partial charge in [-0.25, -0.2) is 13.1 Å². The van der Waals surface area contributed by atoms with Crippen LogP contribution in [0.1, 0.15) is 50.6 Å². The Hall–Kier alpha value is -3.49. The molecule has 1 saturated heterocycles. The third-order valence-electron chi connectivity index (χ3n) is 7.02. The second kappa shape index (κ2) is 12.8. The highest BCUT2D eigenvalue weighted by molar-refractivity contribution is 7.89. The summed E-state index contributed by atoms with van der Waals surface area (Å²) >= 11 is 0. The molecule has 3 aromatic rings. The molecule has 2 atom stereocenters. The van der Waals surface area contributed by atoms with Crippen molar-refractivity contribution in [1.82, 2.24) is 14.9 Å². The molecule has 2 unspecified atom stereocenters. The molecule has 0 spiro atoms. The molecule has 7 nitrogen and oxygen atoms in total. The van der Waals surface area contributed by atoms with Crippen LogP contribution in [0, 0.1) is 0 Å². The maximum absolute atomic E-state index is 12.4. The Balaban J connectivity index is 0.000000186. The van der Waals surface area contributed by atoms with Crippen LogP contribution in [0.4, 0.5) is 0 Å². The Kier molecular flexibility index (Phi) is 9.31. The van der Waals surface area contributed by atoms with Gasteiger partial charge in [0.2, 0.25) is 22.3 Å². The summed E-state index contributed by atoms with van der Waals surface area (Å²) in [5, 5.41) is 2.85. The lowest BCUT2D eigenvalue weighted by Crippen LogP contribution is -2.54. The van der Waals surface area contributed by atoms with Gasteiger partial charge in [-0.15, -0.1) is 0 Å². The lowest BCUT2D eigenvalue weighted by molar-refractivity contribution is -0.135.